The number of sulfonamides is 1. The van der Waals surface area contributed by atoms with E-state index in [0.29, 0.717) is 16.8 Å². The van der Waals surface area contributed by atoms with Crippen molar-refractivity contribution in [2.45, 2.75) is 32.5 Å². The summed E-state index contributed by atoms with van der Waals surface area (Å²) in [6.45, 7) is 2.88. The van der Waals surface area contributed by atoms with Crippen molar-refractivity contribution < 1.29 is 31.2 Å². The first-order valence-corrected chi connectivity index (χ1v) is 12.0. The Balaban J connectivity index is 2.32. The molecule has 0 saturated carbocycles. The summed E-state index contributed by atoms with van der Waals surface area (Å²) >= 11 is 5.60. The fourth-order valence-corrected chi connectivity index (χ4v) is 3.87. The van der Waals surface area contributed by atoms with Crippen molar-refractivity contribution in [3.8, 4) is 0 Å². The Morgan fingerprint density at radius 3 is 2.36 bits per heavy atom. The van der Waals surface area contributed by atoms with E-state index in [1.807, 2.05) is 13.8 Å². The largest absolute Gasteiger partial charge is 0.417 e. The molecular weight excluding hydrogens is 483 g/mol. The summed E-state index contributed by atoms with van der Waals surface area (Å²) in [4.78, 5) is 25.1. The second-order valence-electron chi connectivity index (χ2n) is 7.31. The van der Waals surface area contributed by atoms with E-state index in [2.05, 4.69) is 10.6 Å². The van der Waals surface area contributed by atoms with Gasteiger partial charge in [0.1, 0.15) is 6.54 Å². The molecule has 12 heteroatoms. The van der Waals surface area contributed by atoms with Gasteiger partial charge in [-0.3, -0.25) is 13.9 Å². The van der Waals surface area contributed by atoms with Gasteiger partial charge in [0.2, 0.25) is 15.9 Å². The lowest BCUT2D eigenvalue weighted by Crippen LogP contribution is -2.38. The number of benzene rings is 2. The van der Waals surface area contributed by atoms with E-state index in [1.54, 1.807) is 12.1 Å². The van der Waals surface area contributed by atoms with Crippen LogP contribution in [0, 0.1) is 0 Å². The van der Waals surface area contributed by atoms with E-state index < -0.39 is 45.1 Å². The van der Waals surface area contributed by atoms with Gasteiger partial charge in [-0.15, -0.1) is 0 Å². The number of para-hydroxylation sites is 1. The maximum absolute atomic E-state index is 13.2. The zero-order valence-corrected chi connectivity index (χ0v) is 19.6. The van der Waals surface area contributed by atoms with Crippen molar-refractivity contribution in [1.82, 2.24) is 5.32 Å². The van der Waals surface area contributed by atoms with Crippen LogP contribution in [-0.2, 0) is 21.0 Å². The van der Waals surface area contributed by atoms with Gasteiger partial charge in [-0.25, -0.2) is 8.42 Å². The minimum absolute atomic E-state index is 0.116. The highest BCUT2D eigenvalue weighted by atomic mass is 35.5. The summed E-state index contributed by atoms with van der Waals surface area (Å²) in [5, 5.41) is 4.61. The maximum atomic E-state index is 13.2. The van der Waals surface area contributed by atoms with Crippen LogP contribution in [0.25, 0.3) is 0 Å². The number of halogens is 4. The van der Waals surface area contributed by atoms with Crippen LogP contribution in [0.15, 0.2) is 42.5 Å². The van der Waals surface area contributed by atoms with Crippen molar-refractivity contribution in [2.75, 3.05) is 22.4 Å². The van der Waals surface area contributed by atoms with Crippen LogP contribution in [0.2, 0.25) is 5.02 Å². The second-order valence-corrected chi connectivity index (χ2v) is 9.62. The third-order valence-electron chi connectivity index (χ3n) is 4.67. The number of hydrogen-bond acceptors (Lipinski definition) is 4. The van der Waals surface area contributed by atoms with Crippen molar-refractivity contribution in [1.29, 1.82) is 0 Å². The van der Waals surface area contributed by atoms with E-state index in [-0.39, 0.29) is 23.0 Å². The van der Waals surface area contributed by atoms with Gasteiger partial charge in [0.15, 0.2) is 0 Å². The fourth-order valence-electron chi connectivity index (χ4n) is 2.80. The number of hydrogen-bond donors (Lipinski definition) is 2. The molecule has 0 aliphatic rings. The van der Waals surface area contributed by atoms with E-state index in [0.717, 1.165) is 18.4 Å². The normalized spacial score (nSPS) is 12.7. The topological polar surface area (TPSA) is 95.6 Å². The first-order valence-electron chi connectivity index (χ1n) is 9.78. The van der Waals surface area contributed by atoms with E-state index in [9.17, 15) is 31.2 Å². The molecule has 0 heterocycles. The second kappa shape index (κ2) is 10.4. The molecule has 2 aromatic rings. The number of rotatable bonds is 8. The molecule has 0 unspecified atom stereocenters. The lowest BCUT2D eigenvalue weighted by molar-refractivity contribution is -0.137. The molecule has 33 heavy (non-hydrogen) atoms. The van der Waals surface area contributed by atoms with E-state index in [1.165, 1.54) is 12.1 Å². The van der Waals surface area contributed by atoms with Gasteiger partial charge in [-0.2, -0.15) is 13.2 Å². The Morgan fingerprint density at radius 1 is 1.15 bits per heavy atom. The molecule has 2 aromatic carbocycles. The molecule has 0 saturated heterocycles. The molecule has 2 amide bonds. The Labute approximate surface area is 195 Å². The number of carbonyl (C=O) groups excluding carboxylic acids is 2. The van der Waals surface area contributed by atoms with Gasteiger partial charge in [0.05, 0.1) is 33.8 Å². The Bertz CT molecular complexity index is 1140. The molecule has 0 aromatic heterocycles. The molecule has 0 aliphatic carbocycles. The minimum atomic E-state index is -4.82. The molecule has 0 aliphatic heterocycles. The Morgan fingerprint density at radius 2 is 1.79 bits per heavy atom. The van der Waals surface area contributed by atoms with E-state index in [4.69, 9.17) is 11.6 Å². The zero-order valence-electron chi connectivity index (χ0n) is 18.0. The molecule has 7 nitrogen and oxygen atoms in total. The number of nitrogens with one attached hydrogen (secondary N) is 2. The standard InChI is InChI=1S/C21H23ClF3N3O4S/c1-4-13(2)26-20(30)15-7-5-6-8-18(15)27-19(29)12-28(33(3,31)32)14-9-10-17(22)16(11-14)21(23,24)25/h5-11,13H,4,12H2,1-3H3,(H,26,30)(H,27,29)/t13-/m0/s1. The molecule has 2 rings (SSSR count). The predicted molar refractivity (Wildman–Crippen MR) is 121 cm³/mol. The third kappa shape index (κ3) is 7.10. The van der Waals surface area contributed by atoms with E-state index >= 15 is 0 Å². The van der Waals surface area contributed by atoms with Crippen LogP contribution in [0.4, 0.5) is 24.5 Å². The highest BCUT2D eigenvalue weighted by Crippen LogP contribution is 2.37. The number of alkyl halides is 3. The van der Waals surface area contributed by atoms with Crippen LogP contribution in [-0.4, -0.2) is 39.1 Å². The molecule has 0 bridgehead atoms. The molecular formula is C21H23ClF3N3O4S. The Kier molecular flexibility index (Phi) is 8.36. The highest BCUT2D eigenvalue weighted by molar-refractivity contribution is 7.92. The van der Waals surface area contributed by atoms with Gasteiger partial charge < -0.3 is 10.6 Å². The van der Waals surface area contributed by atoms with Gasteiger partial charge in [-0.1, -0.05) is 30.7 Å². The summed E-state index contributed by atoms with van der Waals surface area (Å²) in [6, 6.07) is 8.52. The summed E-state index contributed by atoms with van der Waals surface area (Å²) < 4.78 is 64.7. The zero-order chi connectivity index (χ0) is 25.0. The average Bonchev–Trinajstić information content (AvgIpc) is 2.71. The molecule has 0 fully saturated rings. The van der Waals surface area contributed by atoms with Gasteiger partial charge in [-0.05, 0) is 43.7 Å². The quantitative estimate of drug-likeness (QED) is 0.559. The van der Waals surface area contributed by atoms with Crippen LogP contribution < -0.4 is 14.9 Å². The van der Waals surface area contributed by atoms with Crippen LogP contribution >= 0.6 is 11.6 Å². The summed E-state index contributed by atoms with van der Waals surface area (Å²) in [5.74, 6) is -1.29. The lowest BCUT2D eigenvalue weighted by atomic mass is 10.1. The number of nitrogens with zero attached hydrogens (tertiary/aromatic N) is 1. The Hall–Kier alpha value is -2.79. The summed E-state index contributed by atoms with van der Waals surface area (Å²) in [7, 11) is -4.14. The maximum Gasteiger partial charge on any atom is 0.417 e. The first-order chi connectivity index (χ1) is 15.2. The smallest absolute Gasteiger partial charge is 0.350 e. The number of carbonyl (C=O) groups is 2. The van der Waals surface area contributed by atoms with Gasteiger partial charge >= 0.3 is 6.18 Å². The van der Waals surface area contributed by atoms with Crippen LogP contribution in [0.3, 0.4) is 0 Å². The highest BCUT2D eigenvalue weighted by Gasteiger charge is 2.34. The van der Waals surface area contributed by atoms with Crippen molar-refractivity contribution in [3.05, 3.63) is 58.6 Å². The van der Waals surface area contributed by atoms with Crippen LogP contribution in [0.1, 0.15) is 36.2 Å². The summed E-state index contributed by atoms with van der Waals surface area (Å²) in [5.41, 5.74) is -1.33. The molecule has 1 atom stereocenters. The fraction of sp³-hybridized carbons (Fsp3) is 0.333. The average molecular weight is 506 g/mol. The number of anilines is 2. The van der Waals surface area contributed by atoms with Gasteiger partial charge in [0, 0.05) is 6.04 Å². The number of amides is 2. The molecule has 0 spiro atoms. The van der Waals surface area contributed by atoms with Crippen molar-refractivity contribution in [3.63, 3.8) is 0 Å². The SMILES string of the molecule is CC[C@H](C)NC(=O)c1ccccc1NC(=O)CN(c1ccc(Cl)c(C(F)(F)F)c1)S(C)(=O)=O. The molecule has 0 radical (unpaired) electrons. The molecule has 2 N–H and O–H groups in total. The van der Waals surface area contributed by atoms with Crippen molar-refractivity contribution in [2.24, 2.45) is 0 Å². The third-order valence-corrected chi connectivity index (χ3v) is 6.14. The first kappa shape index (κ1) is 26.5. The van der Waals surface area contributed by atoms with Crippen molar-refractivity contribution >= 4 is 44.8 Å². The molecule has 180 valence electrons. The van der Waals surface area contributed by atoms with Crippen LogP contribution in [0.5, 0.6) is 0 Å². The summed E-state index contributed by atoms with van der Waals surface area (Å²) in [6.07, 6.45) is -3.37. The minimum Gasteiger partial charge on any atom is -0.350 e. The van der Waals surface area contributed by atoms with Gasteiger partial charge in [0.25, 0.3) is 5.91 Å². The lowest BCUT2D eigenvalue weighted by Gasteiger charge is -2.23. The predicted octanol–water partition coefficient (Wildman–Crippen LogP) is 4.29. The monoisotopic (exact) mass is 505 g/mol.